The molecule has 0 fully saturated rings. The molecular weight excluding hydrogens is 272 g/mol. The molecule has 0 rings (SSSR count). The van der Waals surface area contributed by atoms with Crippen molar-refractivity contribution in [3.05, 3.63) is 0 Å². The smallest absolute Gasteiger partial charge is 0.343 e. The minimum Gasteiger partial charge on any atom is -0.465 e. The van der Waals surface area contributed by atoms with Gasteiger partial charge in [0.15, 0.2) is 6.61 Å². The molecule has 0 heterocycles. The molecule has 8 heteroatoms. The summed E-state index contributed by atoms with van der Waals surface area (Å²) in [7, 11) is 0. The molecule has 0 spiro atoms. The molecule has 0 aliphatic rings. The van der Waals surface area contributed by atoms with Gasteiger partial charge in [0, 0.05) is 6.92 Å². The third-order valence-corrected chi connectivity index (χ3v) is 2.08. The summed E-state index contributed by atoms with van der Waals surface area (Å²) in [5, 5.41) is 0. The highest BCUT2D eigenvalue weighted by molar-refractivity contribution is 5.73. The minimum absolute atomic E-state index is 0.0330. The Labute approximate surface area is 108 Å². The van der Waals surface area contributed by atoms with Gasteiger partial charge in [-0.05, 0) is 0 Å². The van der Waals surface area contributed by atoms with Gasteiger partial charge in [0.1, 0.15) is 6.61 Å². The van der Waals surface area contributed by atoms with Gasteiger partial charge in [-0.25, -0.2) is 8.78 Å². The average Bonchev–Trinajstić information content (AvgIpc) is 2.24. The van der Waals surface area contributed by atoms with E-state index < -0.39 is 36.8 Å². The van der Waals surface area contributed by atoms with Crippen LogP contribution in [0.25, 0.3) is 0 Å². The fraction of sp³-hybridized carbons (Fsp3) is 0.818. The predicted octanol–water partition coefficient (Wildman–Crippen LogP) is 2.41. The second kappa shape index (κ2) is 6.72. The van der Waals surface area contributed by atoms with Crippen molar-refractivity contribution in [2.45, 2.75) is 39.0 Å². The lowest BCUT2D eigenvalue weighted by Gasteiger charge is -2.22. The zero-order valence-electron chi connectivity index (χ0n) is 10.8. The molecule has 4 nitrogen and oxygen atoms in total. The SMILES string of the molecule is CC(C)C(=O)OCCC(=O)OCC(F)(F)C(C)(F)F. The molecule has 0 bridgehead atoms. The van der Waals surface area contributed by atoms with Gasteiger partial charge < -0.3 is 9.47 Å². The Morgan fingerprint density at radius 3 is 2.05 bits per heavy atom. The van der Waals surface area contributed by atoms with Crippen LogP contribution in [-0.2, 0) is 19.1 Å². The molecule has 0 atom stereocenters. The fourth-order valence-electron chi connectivity index (χ4n) is 0.772. The molecule has 0 aromatic rings. The molecule has 0 unspecified atom stereocenters. The third kappa shape index (κ3) is 6.40. The number of hydrogen-bond donors (Lipinski definition) is 0. The number of alkyl halides is 4. The van der Waals surface area contributed by atoms with Crippen LogP contribution in [0.15, 0.2) is 0 Å². The first-order valence-corrected chi connectivity index (χ1v) is 5.55. The average molecular weight is 288 g/mol. The van der Waals surface area contributed by atoms with Gasteiger partial charge in [-0.3, -0.25) is 9.59 Å². The van der Waals surface area contributed by atoms with E-state index in [0.717, 1.165) is 0 Å². The number of halogens is 4. The van der Waals surface area contributed by atoms with Gasteiger partial charge in [-0.15, -0.1) is 0 Å². The van der Waals surface area contributed by atoms with Gasteiger partial charge in [0.25, 0.3) is 0 Å². The maximum atomic E-state index is 12.7. The lowest BCUT2D eigenvalue weighted by Crippen LogP contribution is -2.42. The lowest BCUT2D eigenvalue weighted by atomic mass is 10.2. The number of esters is 2. The maximum absolute atomic E-state index is 12.7. The van der Waals surface area contributed by atoms with Crippen molar-refractivity contribution < 1.29 is 36.6 Å². The Morgan fingerprint density at radius 2 is 1.63 bits per heavy atom. The third-order valence-electron chi connectivity index (χ3n) is 2.08. The van der Waals surface area contributed by atoms with Gasteiger partial charge in [-0.2, -0.15) is 8.78 Å². The summed E-state index contributed by atoms with van der Waals surface area (Å²) >= 11 is 0. The molecule has 0 N–H and O–H groups in total. The van der Waals surface area contributed by atoms with E-state index in [1.165, 1.54) is 0 Å². The van der Waals surface area contributed by atoms with Crippen molar-refractivity contribution in [2.24, 2.45) is 5.92 Å². The van der Waals surface area contributed by atoms with Crippen molar-refractivity contribution in [3.63, 3.8) is 0 Å². The molecule has 0 saturated carbocycles. The van der Waals surface area contributed by atoms with Gasteiger partial charge in [-0.1, -0.05) is 13.8 Å². The van der Waals surface area contributed by atoms with E-state index >= 15 is 0 Å². The fourth-order valence-corrected chi connectivity index (χ4v) is 0.772. The monoisotopic (exact) mass is 288 g/mol. The summed E-state index contributed by atoms with van der Waals surface area (Å²) in [6, 6.07) is 0. The number of hydrogen-bond acceptors (Lipinski definition) is 4. The van der Waals surface area contributed by atoms with Crippen molar-refractivity contribution in [2.75, 3.05) is 13.2 Å². The number of carbonyl (C=O) groups is 2. The second-order valence-corrected chi connectivity index (χ2v) is 4.33. The predicted molar refractivity (Wildman–Crippen MR) is 56.9 cm³/mol. The van der Waals surface area contributed by atoms with E-state index in [1.54, 1.807) is 13.8 Å². The van der Waals surface area contributed by atoms with E-state index in [9.17, 15) is 27.2 Å². The van der Waals surface area contributed by atoms with Crippen LogP contribution in [0.5, 0.6) is 0 Å². The van der Waals surface area contributed by atoms with E-state index in [-0.39, 0.29) is 19.4 Å². The van der Waals surface area contributed by atoms with E-state index in [1.807, 2.05) is 0 Å². The summed E-state index contributed by atoms with van der Waals surface area (Å²) in [6.45, 7) is 1.12. The molecule has 0 saturated heterocycles. The Kier molecular flexibility index (Phi) is 6.24. The Bertz CT molecular complexity index is 323. The van der Waals surface area contributed by atoms with Gasteiger partial charge >= 0.3 is 23.8 Å². The first-order chi connectivity index (χ1) is 8.47. The van der Waals surface area contributed by atoms with Crippen LogP contribution in [0.3, 0.4) is 0 Å². The summed E-state index contributed by atoms with van der Waals surface area (Å²) in [4.78, 5) is 22.0. The van der Waals surface area contributed by atoms with Crippen LogP contribution in [0.1, 0.15) is 27.2 Å². The normalized spacial score (nSPS) is 12.4. The standard InChI is InChI=1S/C11H16F4O4/c1-7(2)9(17)18-5-4-8(16)19-6-11(14,15)10(3,12)13/h7H,4-6H2,1-3H3. The van der Waals surface area contributed by atoms with E-state index in [0.29, 0.717) is 0 Å². The largest absolute Gasteiger partial charge is 0.465 e. The summed E-state index contributed by atoms with van der Waals surface area (Å²) in [6.07, 6.45) is -0.468. The molecule has 0 aliphatic heterocycles. The van der Waals surface area contributed by atoms with Crippen molar-refractivity contribution >= 4 is 11.9 Å². The first kappa shape index (κ1) is 17.7. The minimum atomic E-state index is -4.43. The number of rotatable bonds is 7. The van der Waals surface area contributed by atoms with Gasteiger partial charge in [0.05, 0.1) is 12.3 Å². The highest BCUT2D eigenvalue weighted by Crippen LogP contribution is 2.33. The van der Waals surface area contributed by atoms with Crippen LogP contribution in [0, 0.1) is 5.92 Å². The second-order valence-electron chi connectivity index (χ2n) is 4.33. The maximum Gasteiger partial charge on any atom is 0.343 e. The van der Waals surface area contributed by atoms with E-state index in [4.69, 9.17) is 0 Å². The molecule has 19 heavy (non-hydrogen) atoms. The topological polar surface area (TPSA) is 52.6 Å². The summed E-state index contributed by atoms with van der Waals surface area (Å²) in [5.74, 6) is -10.8. The van der Waals surface area contributed by atoms with Crippen LogP contribution < -0.4 is 0 Å². The van der Waals surface area contributed by atoms with Gasteiger partial charge in [0.2, 0.25) is 0 Å². The summed E-state index contributed by atoms with van der Waals surface area (Å²) < 4.78 is 58.9. The molecule has 0 radical (unpaired) electrons. The summed E-state index contributed by atoms with van der Waals surface area (Å²) in [5.41, 5.74) is 0. The number of carbonyl (C=O) groups excluding carboxylic acids is 2. The van der Waals surface area contributed by atoms with Crippen LogP contribution in [0.4, 0.5) is 17.6 Å². The van der Waals surface area contributed by atoms with Crippen molar-refractivity contribution in [3.8, 4) is 0 Å². The molecule has 112 valence electrons. The van der Waals surface area contributed by atoms with Crippen LogP contribution in [0.2, 0.25) is 0 Å². The highest BCUT2D eigenvalue weighted by atomic mass is 19.3. The molecule has 0 aromatic heterocycles. The first-order valence-electron chi connectivity index (χ1n) is 5.55. The molecule has 0 aliphatic carbocycles. The lowest BCUT2D eigenvalue weighted by molar-refractivity contribution is -0.222. The zero-order valence-corrected chi connectivity index (χ0v) is 10.8. The van der Waals surface area contributed by atoms with Crippen molar-refractivity contribution in [1.29, 1.82) is 0 Å². The molecule has 0 amide bonds. The Morgan fingerprint density at radius 1 is 1.11 bits per heavy atom. The Hall–Kier alpha value is -1.34. The molecule has 0 aromatic carbocycles. The quantitative estimate of drug-likeness (QED) is 0.533. The van der Waals surface area contributed by atoms with Crippen LogP contribution >= 0.6 is 0 Å². The Balaban J connectivity index is 3.98. The number of ether oxygens (including phenoxy) is 2. The van der Waals surface area contributed by atoms with Crippen molar-refractivity contribution in [1.82, 2.24) is 0 Å². The van der Waals surface area contributed by atoms with E-state index in [2.05, 4.69) is 9.47 Å². The van der Waals surface area contributed by atoms with Crippen LogP contribution in [-0.4, -0.2) is 37.0 Å². The molecular formula is C11H16F4O4. The zero-order chi connectivity index (χ0) is 15.3. The highest BCUT2D eigenvalue weighted by Gasteiger charge is 2.53.